The van der Waals surface area contributed by atoms with Crippen LogP contribution in [0.1, 0.15) is 207 Å². The maximum atomic E-state index is 11.9. The minimum Gasteiger partial charge on any atom is -0.326 e. The third-order valence-electron chi connectivity index (χ3n) is 9.92. The maximum absolute atomic E-state index is 11.9. The van der Waals surface area contributed by atoms with Gasteiger partial charge in [-0.3, -0.25) is 4.18 Å². The number of quaternary nitrogens is 1. The van der Waals surface area contributed by atoms with Crippen molar-refractivity contribution in [2.24, 2.45) is 0 Å². The molecule has 0 fully saturated rings. The van der Waals surface area contributed by atoms with Gasteiger partial charge in [0.2, 0.25) is 0 Å². The highest BCUT2D eigenvalue weighted by atomic mass is 32.2. The Morgan fingerprint density at radius 2 is 0.729 bits per heavy atom. The molecule has 0 radical (unpaired) electrons. The maximum Gasteiger partial charge on any atom is 0.296 e. The van der Waals surface area contributed by atoms with Crippen LogP contribution < -0.4 is 0 Å². The number of rotatable bonds is 34. The molecule has 0 aliphatic rings. The number of unbranched alkanes of at least 4 members (excludes halogenated alkanes) is 24. The molecule has 1 aromatic carbocycles. The molecule has 0 aliphatic heterocycles. The third-order valence-corrected chi connectivity index (χ3v) is 11.2. The van der Waals surface area contributed by atoms with Gasteiger partial charge in [0, 0.05) is 0 Å². The molecule has 0 heterocycles. The van der Waals surface area contributed by atoms with Crippen LogP contribution >= 0.6 is 0 Å². The number of hydrogen-bond donors (Lipinski definition) is 0. The average molecular weight is 695 g/mol. The molecule has 0 saturated carbocycles. The van der Waals surface area contributed by atoms with E-state index in [0.29, 0.717) is 0 Å². The summed E-state index contributed by atoms with van der Waals surface area (Å²) >= 11 is 0. The summed E-state index contributed by atoms with van der Waals surface area (Å²) in [6, 6.07) is 8.33. The molecule has 1 rings (SSSR count). The molecule has 0 spiro atoms. The van der Waals surface area contributed by atoms with Gasteiger partial charge in [-0.05, 0) is 57.1 Å². The van der Waals surface area contributed by atoms with Crippen LogP contribution in [0.5, 0.6) is 0 Å². The van der Waals surface area contributed by atoms with E-state index in [0.717, 1.165) is 12.8 Å². The van der Waals surface area contributed by atoms with Crippen LogP contribution in [0.2, 0.25) is 0 Å². The van der Waals surface area contributed by atoms with Gasteiger partial charge in [0.15, 0.2) is 0 Å². The van der Waals surface area contributed by atoms with E-state index in [1.807, 2.05) is 0 Å². The second kappa shape index (κ2) is 34.5. The molecule has 5 heteroatoms. The Morgan fingerprint density at radius 3 is 1.06 bits per heavy atom. The van der Waals surface area contributed by atoms with E-state index in [1.165, 1.54) is 191 Å². The Hall–Kier alpha value is -0.910. The summed E-state index contributed by atoms with van der Waals surface area (Å²) in [6.07, 6.45) is 38.1. The van der Waals surface area contributed by atoms with Crippen molar-refractivity contribution in [3.63, 3.8) is 0 Å². The fraction of sp³-hybridized carbons (Fsp3) is 0.860. The number of hydrogen-bond acceptors (Lipinski definition) is 3. The second-order valence-corrected chi connectivity index (χ2v) is 16.5. The molecule has 0 N–H and O–H groups in total. The van der Waals surface area contributed by atoms with Crippen molar-refractivity contribution in [2.75, 3.05) is 33.3 Å². The predicted molar refractivity (Wildman–Crippen MR) is 212 cm³/mol. The fourth-order valence-electron chi connectivity index (χ4n) is 6.57. The summed E-state index contributed by atoms with van der Waals surface area (Å²) in [5.74, 6) is 0. The Morgan fingerprint density at radius 1 is 0.438 bits per heavy atom. The zero-order chi connectivity index (χ0) is 35.4. The average Bonchev–Trinajstić information content (AvgIpc) is 3.09. The van der Waals surface area contributed by atoms with Gasteiger partial charge >= 0.3 is 0 Å². The van der Waals surface area contributed by atoms with Crippen molar-refractivity contribution in [3.05, 3.63) is 30.3 Å². The van der Waals surface area contributed by atoms with Crippen LogP contribution in [0.4, 0.5) is 0 Å². The molecule has 48 heavy (non-hydrogen) atoms. The third kappa shape index (κ3) is 30.0. The summed E-state index contributed by atoms with van der Waals surface area (Å²) in [7, 11) is -1.01. The molecule has 0 amide bonds. The monoisotopic (exact) mass is 695 g/mol. The molecule has 0 atom stereocenters. The van der Waals surface area contributed by atoms with E-state index in [4.69, 9.17) is 4.18 Å². The van der Waals surface area contributed by atoms with Crippen molar-refractivity contribution in [1.29, 1.82) is 0 Å². The summed E-state index contributed by atoms with van der Waals surface area (Å²) in [6.45, 7) is 13.7. The molecule has 4 nitrogen and oxygen atoms in total. The Bertz CT molecular complexity index is 832. The minimum atomic E-state index is -3.57. The van der Waals surface area contributed by atoms with Crippen LogP contribution in [0.3, 0.4) is 0 Å². The van der Waals surface area contributed by atoms with Crippen LogP contribution in [0.15, 0.2) is 35.2 Å². The Labute approximate surface area is 302 Å². The van der Waals surface area contributed by atoms with Crippen LogP contribution in [0, 0.1) is 0 Å². The Kier molecular flexibility index (Phi) is 33.9. The van der Waals surface area contributed by atoms with Crippen LogP contribution in [-0.2, 0) is 14.3 Å². The van der Waals surface area contributed by atoms with E-state index < -0.39 is 10.1 Å². The molecule has 0 aromatic heterocycles. The number of benzene rings is 1. The van der Waals surface area contributed by atoms with Gasteiger partial charge in [0.25, 0.3) is 10.1 Å². The van der Waals surface area contributed by atoms with Crippen molar-refractivity contribution in [2.45, 2.75) is 212 Å². The lowest BCUT2D eigenvalue weighted by Gasteiger charge is -2.35. The normalized spacial score (nSPS) is 11.9. The molecule has 0 bridgehead atoms. The first-order valence-corrected chi connectivity index (χ1v) is 22.5. The van der Waals surface area contributed by atoms with Gasteiger partial charge in [0.1, 0.15) is 0 Å². The van der Waals surface area contributed by atoms with Gasteiger partial charge < -0.3 is 4.48 Å². The molecule has 0 unspecified atom stereocenters. The first kappa shape index (κ1) is 47.1. The highest BCUT2D eigenvalue weighted by Gasteiger charge is 2.20. The summed E-state index contributed by atoms with van der Waals surface area (Å²) in [5.41, 5.74) is 0. The van der Waals surface area contributed by atoms with Crippen molar-refractivity contribution >= 4 is 10.1 Å². The van der Waals surface area contributed by atoms with E-state index in [-0.39, 0.29) is 11.5 Å². The molecule has 284 valence electrons. The highest BCUT2D eigenvalue weighted by molar-refractivity contribution is 7.86. The zero-order valence-electron chi connectivity index (χ0n) is 33.1. The van der Waals surface area contributed by atoms with Gasteiger partial charge in [-0.15, -0.1) is 0 Å². The predicted octanol–water partition coefficient (Wildman–Crippen LogP) is 13.8. The van der Waals surface area contributed by atoms with Crippen LogP contribution in [-0.4, -0.2) is 46.2 Å². The molecule has 1 aromatic rings. The Balaban J connectivity index is 0.000000932. The smallest absolute Gasteiger partial charge is 0.296 e. The quantitative estimate of drug-likeness (QED) is 0.0410. The lowest BCUT2D eigenvalue weighted by Crippen LogP contribution is -2.46. The van der Waals surface area contributed by atoms with E-state index in [1.54, 1.807) is 30.3 Å². The largest absolute Gasteiger partial charge is 0.326 e. The highest BCUT2D eigenvalue weighted by Crippen LogP contribution is 2.17. The van der Waals surface area contributed by atoms with Gasteiger partial charge in [-0.25, -0.2) is 0 Å². The lowest BCUT2D eigenvalue weighted by molar-refractivity contribution is -0.910. The van der Waals surface area contributed by atoms with Gasteiger partial charge in [-0.2, -0.15) is 8.42 Å². The van der Waals surface area contributed by atoms with E-state index in [9.17, 15) is 8.42 Å². The van der Waals surface area contributed by atoms with Gasteiger partial charge in [-0.1, -0.05) is 181 Å². The topological polar surface area (TPSA) is 43.4 Å². The zero-order valence-corrected chi connectivity index (χ0v) is 33.9. The van der Waals surface area contributed by atoms with Crippen molar-refractivity contribution in [1.82, 2.24) is 0 Å². The molecule has 0 saturated heterocycles. The number of nitrogens with zero attached hydrogens (tertiary/aromatic N) is 1. The van der Waals surface area contributed by atoms with Crippen LogP contribution in [0.25, 0.3) is 0 Å². The molecule has 0 aliphatic carbocycles. The second-order valence-electron chi connectivity index (χ2n) is 14.9. The summed E-state index contributed by atoms with van der Waals surface area (Å²) < 4.78 is 30.2. The van der Waals surface area contributed by atoms with Crippen molar-refractivity contribution < 1.29 is 17.1 Å². The van der Waals surface area contributed by atoms with Gasteiger partial charge in [0.05, 0.1) is 38.2 Å². The standard InChI is InChI=1S/C25H54N.C18H30O3S/c1-5-8-11-14-17-20-23-26(4,24-21-18-15-12-9-6-2)25-22-19-16-13-10-7-3;1-2-3-4-5-6-7-8-9-10-14-17-21-22(19,20)18-15-12-11-13-16-18/h5-25H2,1-4H3;11-13,15-16H,2-10,14,17H2,1H3/q+1;. The first-order chi connectivity index (χ1) is 23.3. The molecular weight excluding hydrogens is 611 g/mol. The summed E-state index contributed by atoms with van der Waals surface area (Å²) in [4.78, 5) is 0.238. The minimum absolute atomic E-state index is 0.238. The SMILES string of the molecule is CCCCCCCCCCCCOS(=O)(=O)c1ccccc1.CCCCCCCC[N+](C)(CCCCCCCC)CCCCCCCC. The fourth-order valence-corrected chi connectivity index (χ4v) is 7.53. The van der Waals surface area contributed by atoms with E-state index >= 15 is 0 Å². The first-order valence-electron chi connectivity index (χ1n) is 21.1. The summed E-state index contributed by atoms with van der Waals surface area (Å²) in [5, 5.41) is 0. The van der Waals surface area contributed by atoms with E-state index in [2.05, 4.69) is 34.7 Å². The molecular formula is C43H84NO3S+. The lowest BCUT2D eigenvalue weighted by atomic mass is 10.1. The van der Waals surface area contributed by atoms with Crippen molar-refractivity contribution in [3.8, 4) is 0 Å².